The first-order chi connectivity index (χ1) is 11.5. The summed E-state index contributed by atoms with van der Waals surface area (Å²) in [4.78, 5) is 17.7. The number of amides is 1. The predicted octanol–water partition coefficient (Wildman–Crippen LogP) is 3.92. The monoisotopic (exact) mass is 404 g/mol. The normalized spacial score (nSPS) is 12.0. The van der Waals surface area contributed by atoms with Crippen molar-refractivity contribution >= 4 is 43.4 Å². The summed E-state index contributed by atoms with van der Waals surface area (Å²) in [6, 6.07) is 7.81. The summed E-state index contributed by atoms with van der Waals surface area (Å²) in [6.45, 7) is 8.86. The maximum atomic E-state index is 12.6. The van der Waals surface area contributed by atoms with Crippen molar-refractivity contribution in [1.29, 1.82) is 0 Å². The Kier molecular flexibility index (Phi) is 4.82. The molecule has 0 bridgehead atoms. The van der Waals surface area contributed by atoms with E-state index in [2.05, 4.69) is 32.6 Å². The second-order valence-corrected chi connectivity index (χ2v) is 7.22. The third-order valence-corrected chi connectivity index (χ3v) is 5.11. The van der Waals surface area contributed by atoms with Gasteiger partial charge in [0.25, 0.3) is 5.91 Å². The van der Waals surface area contributed by atoms with Crippen LogP contribution in [-0.2, 0) is 13.1 Å². The van der Waals surface area contributed by atoms with Gasteiger partial charge in [-0.1, -0.05) is 33.3 Å². The number of thiazole rings is 1. The lowest BCUT2D eigenvalue weighted by atomic mass is 10.3. The fourth-order valence-corrected chi connectivity index (χ4v) is 4.13. The SMILES string of the molecule is C=CCn1c(=NC(=O)c2cc(C)nn2CC)sc2cc(Br)ccc21. The van der Waals surface area contributed by atoms with E-state index in [0.29, 0.717) is 23.6 Å². The molecule has 7 heteroatoms. The van der Waals surface area contributed by atoms with Crippen molar-refractivity contribution in [2.24, 2.45) is 4.99 Å². The number of hydrogen-bond acceptors (Lipinski definition) is 3. The standard InChI is InChI=1S/C17H17BrN4OS/c1-4-8-21-13-7-6-12(18)10-15(13)24-17(21)19-16(23)14-9-11(3)20-22(14)5-2/h4,6-7,9-10H,1,5,8H2,2-3H3. The van der Waals surface area contributed by atoms with Gasteiger partial charge in [0.15, 0.2) is 4.80 Å². The average Bonchev–Trinajstić information content (AvgIpc) is 3.08. The van der Waals surface area contributed by atoms with E-state index in [1.54, 1.807) is 16.8 Å². The highest BCUT2D eigenvalue weighted by molar-refractivity contribution is 9.10. The number of hydrogen-bond donors (Lipinski definition) is 0. The molecule has 0 aliphatic heterocycles. The minimum Gasteiger partial charge on any atom is -0.312 e. The van der Waals surface area contributed by atoms with E-state index >= 15 is 0 Å². The van der Waals surface area contributed by atoms with Gasteiger partial charge in [0.1, 0.15) is 5.69 Å². The number of fused-ring (bicyclic) bond motifs is 1. The summed E-state index contributed by atoms with van der Waals surface area (Å²) in [5, 5.41) is 4.31. The van der Waals surface area contributed by atoms with Crippen LogP contribution in [0.2, 0.25) is 0 Å². The average molecular weight is 405 g/mol. The summed E-state index contributed by atoms with van der Waals surface area (Å²) < 4.78 is 5.75. The molecule has 0 unspecified atom stereocenters. The number of rotatable bonds is 4. The Morgan fingerprint density at radius 2 is 2.25 bits per heavy atom. The van der Waals surface area contributed by atoms with E-state index in [9.17, 15) is 4.79 Å². The topological polar surface area (TPSA) is 52.2 Å². The lowest BCUT2D eigenvalue weighted by Crippen LogP contribution is -2.17. The van der Waals surface area contributed by atoms with Gasteiger partial charge in [-0.25, -0.2) is 0 Å². The van der Waals surface area contributed by atoms with Gasteiger partial charge in [0.2, 0.25) is 0 Å². The lowest BCUT2D eigenvalue weighted by molar-refractivity contribution is 0.0987. The molecular weight excluding hydrogens is 388 g/mol. The van der Waals surface area contributed by atoms with Crippen molar-refractivity contribution < 1.29 is 4.79 Å². The number of allylic oxidation sites excluding steroid dienone is 1. The molecule has 0 radical (unpaired) electrons. The molecule has 0 atom stereocenters. The second kappa shape index (κ2) is 6.86. The van der Waals surface area contributed by atoms with Crippen LogP contribution in [0.4, 0.5) is 0 Å². The molecule has 3 rings (SSSR count). The Morgan fingerprint density at radius 3 is 2.96 bits per heavy atom. The molecule has 0 saturated heterocycles. The zero-order valence-corrected chi connectivity index (χ0v) is 15.9. The van der Waals surface area contributed by atoms with E-state index < -0.39 is 0 Å². The minimum atomic E-state index is -0.277. The second-order valence-electron chi connectivity index (χ2n) is 5.30. The number of nitrogens with zero attached hydrogens (tertiary/aromatic N) is 4. The van der Waals surface area contributed by atoms with Gasteiger partial charge in [-0.15, -0.1) is 6.58 Å². The number of carbonyl (C=O) groups excluding carboxylic acids is 1. The summed E-state index contributed by atoms with van der Waals surface area (Å²) in [5.74, 6) is -0.277. The fraction of sp³-hybridized carbons (Fsp3) is 0.235. The van der Waals surface area contributed by atoms with Crippen molar-refractivity contribution in [2.75, 3.05) is 0 Å². The Balaban J connectivity index is 2.16. The molecule has 0 aliphatic rings. The van der Waals surface area contributed by atoms with Gasteiger partial charge in [-0.3, -0.25) is 9.48 Å². The molecule has 0 saturated carbocycles. The van der Waals surface area contributed by atoms with Crippen LogP contribution in [0.1, 0.15) is 23.1 Å². The first-order valence-electron chi connectivity index (χ1n) is 7.56. The van der Waals surface area contributed by atoms with Crippen LogP contribution in [0.5, 0.6) is 0 Å². The molecule has 2 aromatic heterocycles. The number of benzene rings is 1. The van der Waals surface area contributed by atoms with Gasteiger partial charge in [0.05, 0.1) is 15.9 Å². The lowest BCUT2D eigenvalue weighted by Gasteiger charge is -2.02. The first kappa shape index (κ1) is 16.9. The molecule has 5 nitrogen and oxygen atoms in total. The first-order valence-corrected chi connectivity index (χ1v) is 9.17. The summed E-state index contributed by atoms with van der Waals surface area (Å²) in [6.07, 6.45) is 1.80. The van der Waals surface area contributed by atoms with Gasteiger partial charge >= 0.3 is 0 Å². The fourth-order valence-electron chi connectivity index (χ4n) is 2.54. The van der Waals surface area contributed by atoms with Crippen LogP contribution >= 0.6 is 27.3 Å². The van der Waals surface area contributed by atoms with E-state index in [1.165, 1.54) is 11.3 Å². The molecule has 1 aromatic carbocycles. The van der Waals surface area contributed by atoms with Crippen LogP contribution in [0.25, 0.3) is 10.2 Å². The van der Waals surface area contributed by atoms with Crippen molar-refractivity contribution in [3.8, 4) is 0 Å². The van der Waals surface area contributed by atoms with Crippen molar-refractivity contribution in [3.63, 3.8) is 0 Å². The predicted molar refractivity (Wildman–Crippen MR) is 100 cm³/mol. The molecular formula is C17H17BrN4OS. The number of halogens is 1. The molecule has 0 N–H and O–H groups in total. The van der Waals surface area contributed by atoms with Gasteiger partial charge in [0, 0.05) is 17.6 Å². The summed E-state index contributed by atoms with van der Waals surface area (Å²) in [5.41, 5.74) is 2.36. The van der Waals surface area contributed by atoms with E-state index in [4.69, 9.17) is 0 Å². The zero-order chi connectivity index (χ0) is 17.3. The maximum Gasteiger partial charge on any atom is 0.297 e. The van der Waals surface area contributed by atoms with Crippen molar-refractivity contribution in [3.05, 3.63) is 57.6 Å². The van der Waals surface area contributed by atoms with E-state index in [-0.39, 0.29) is 5.91 Å². The van der Waals surface area contributed by atoms with Gasteiger partial charge < -0.3 is 4.57 Å². The van der Waals surface area contributed by atoms with Crippen LogP contribution in [-0.4, -0.2) is 20.3 Å². The summed E-state index contributed by atoms with van der Waals surface area (Å²) >= 11 is 4.97. The Labute approximate surface area is 152 Å². The molecule has 3 aromatic rings. The highest BCUT2D eigenvalue weighted by atomic mass is 79.9. The molecule has 1 amide bonds. The largest absolute Gasteiger partial charge is 0.312 e. The van der Waals surface area contributed by atoms with Crippen molar-refractivity contribution in [2.45, 2.75) is 26.9 Å². The molecule has 0 fully saturated rings. The van der Waals surface area contributed by atoms with E-state index in [0.717, 1.165) is 20.4 Å². The number of aryl methyl sites for hydroxylation is 2. The highest BCUT2D eigenvalue weighted by Crippen LogP contribution is 2.22. The van der Waals surface area contributed by atoms with Crippen LogP contribution in [0.15, 0.2) is 46.4 Å². The number of carbonyl (C=O) groups is 1. The molecule has 24 heavy (non-hydrogen) atoms. The Bertz CT molecular complexity index is 996. The molecule has 0 spiro atoms. The highest BCUT2D eigenvalue weighted by Gasteiger charge is 2.14. The van der Waals surface area contributed by atoms with Gasteiger partial charge in [-0.2, -0.15) is 10.1 Å². The van der Waals surface area contributed by atoms with Crippen LogP contribution in [0.3, 0.4) is 0 Å². The van der Waals surface area contributed by atoms with Crippen LogP contribution < -0.4 is 4.80 Å². The molecule has 2 heterocycles. The zero-order valence-electron chi connectivity index (χ0n) is 13.5. The molecule has 0 aliphatic carbocycles. The van der Waals surface area contributed by atoms with Crippen LogP contribution in [0, 0.1) is 6.92 Å². The molecule has 124 valence electrons. The summed E-state index contributed by atoms with van der Waals surface area (Å²) in [7, 11) is 0. The smallest absolute Gasteiger partial charge is 0.297 e. The third kappa shape index (κ3) is 3.14. The Morgan fingerprint density at radius 1 is 1.46 bits per heavy atom. The quantitative estimate of drug-likeness (QED) is 0.618. The number of aromatic nitrogens is 3. The maximum absolute atomic E-state index is 12.6. The van der Waals surface area contributed by atoms with Gasteiger partial charge in [-0.05, 0) is 38.1 Å². The van der Waals surface area contributed by atoms with E-state index in [1.807, 2.05) is 36.6 Å². The van der Waals surface area contributed by atoms with Crippen molar-refractivity contribution in [1.82, 2.24) is 14.3 Å². The third-order valence-electron chi connectivity index (χ3n) is 3.57. The Hall–Kier alpha value is -1.99. The minimum absolute atomic E-state index is 0.277.